The van der Waals surface area contributed by atoms with Gasteiger partial charge in [-0.05, 0) is 56.1 Å². The molecule has 0 spiro atoms. The van der Waals surface area contributed by atoms with Crippen molar-refractivity contribution in [2.75, 3.05) is 6.61 Å². The van der Waals surface area contributed by atoms with E-state index in [4.69, 9.17) is 17.0 Å². The van der Waals surface area contributed by atoms with Gasteiger partial charge in [-0.3, -0.25) is 4.79 Å². The molecule has 1 N–H and O–H groups in total. The Morgan fingerprint density at radius 3 is 2.56 bits per heavy atom. The van der Waals surface area contributed by atoms with Crippen LogP contribution in [0.1, 0.15) is 23.6 Å². The highest BCUT2D eigenvalue weighted by Gasteiger charge is 2.24. The highest BCUT2D eigenvalue weighted by molar-refractivity contribution is 7.80. The minimum atomic E-state index is -0.762. The molecule has 0 bridgehead atoms. The first-order chi connectivity index (χ1) is 8.45. The van der Waals surface area contributed by atoms with Gasteiger partial charge in [-0.25, -0.2) is 0 Å². The largest absolute Gasteiger partial charge is 0.501 e. The number of thiocarbonyl (C=S) groups is 1. The lowest BCUT2D eigenvalue weighted by Crippen LogP contribution is -2.26. The van der Waals surface area contributed by atoms with Crippen LogP contribution in [0.25, 0.3) is 0 Å². The second kappa shape index (κ2) is 6.50. The molecule has 0 aliphatic carbocycles. The minimum Gasteiger partial charge on any atom is -0.501 e. The highest BCUT2D eigenvalue weighted by Crippen LogP contribution is 2.16. The van der Waals surface area contributed by atoms with Gasteiger partial charge in [-0.1, -0.05) is 18.2 Å². The van der Waals surface area contributed by atoms with Crippen molar-refractivity contribution in [3.63, 3.8) is 0 Å². The van der Waals surface area contributed by atoms with E-state index < -0.39 is 11.9 Å². The molecule has 0 heterocycles. The van der Waals surface area contributed by atoms with E-state index in [1.54, 1.807) is 6.92 Å². The number of hydrogen-bond acceptors (Lipinski definition) is 3. The lowest BCUT2D eigenvalue weighted by Gasteiger charge is -2.14. The highest BCUT2D eigenvalue weighted by atomic mass is 32.1. The topological polar surface area (TPSA) is 46.5 Å². The zero-order valence-corrected chi connectivity index (χ0v) is 11.7. The zero-order chi connectivity index (χ0) is 13.7. The Morgan fingerprint density at radius 2 is 2.06 bits per heavy atom. The van der Waals surface area contributed by atoms with E-state index >= 15 is 0 Å². The number of rotatable bonds is 5. The van der Waals surface area contributed by atoms with Crippen molar-refractivity contribution in [3.05, 3.63) is 34.9 Å². The number of aryl methyl sites for hydroxylation is 2. The lowest BCUT2D eigenvalue weighted by atomic mass is 9.97. The van der Waals surface area contributed by atoms with Crippen molar-refractivity contribution in [2.24, 2.45) is 5.92 Å². The molecule has 1 atom stereocenters. The molecule has 18 heavy (non-hydrogen) atoms. The van der Waals surface area contributed by atoms with E-state index in [0.29, 0.717) is 6.42 Å². The molecule has 0 aliphatic rings. The molecular weight excluding hydrogens is 248 g/mol. The van der Waals surface area contributed by atoms with Crippen LogP contribution in [-0.2, 0) is 16.0 Å². The molecule has 0 saturated heterocycles. The van der Waals surface area contributed by atoms with Crippen LogP contribution in [0, 0.1) is 19.8 Å². The quantitative estimate of drug-likeness (QED) is 0.657. The molecule has 4 heteroatoms. The molecule has 0 aliphatic heterocycles. The summed E-state index contributed by atoms with van der Waals surface area (Å²) in [7, 11) is 0. The third kappa shape index (κ3) is 3.81. The summed E-state index contributed by atoms with van der Waals surface area (Å²) in [5, 5.41) is 9.11. The molecule has 0 aromatic heterocycles. The second-order valence-electron chi connectivity index (χ2n) is 4.27. The molecular formula is C14H18O3S. The number of ether oxygens (including phenoxy) is 1. The van der Waals surface area contributed by atoms with Gasteiger partial charge >= 0.3 is 5.97 Å². The number of carbonyl (C=O) groups is 1. The van der Waals surface area contributed by atoms with Gasteiger partial charge in [0.05, 0.1) is 6.61 Å². The molecule has 3 nitrogen and oxygen atoms in total. The standard InChI is InChI=1S/C14H18O3S/c1-4-17-13(15)12(14(16)18)8-11-6-5-9(2)10(3)7-11/h5-7,12H,4,8H2,1-3H3,(H,16,18). The van der Waals surface area contributed by atoms with Gasteiger partial charge in [0.2, 0.25) is 0 Å². The van der Waals surface area contributed by atoms with Crippen LogP contribution in [0.3, 0.4) is 0 Å². The Kier molecular flexibility index (Phi) is 5.28. The van der Waals surface area contributed by atoms with Crippen molar-refractivity contribution in [3.8, 4) is 0 Å². The molecule has 0 saturated carbocycles. The van der Waals surface area contributed by atoms with Gasteiger partial charge in [-0.2, -0.15) is 0 Å². The van der Waals surface area contributed by atoms with E-state index in [2.05, 4.69) is 0 Å². The smallest absolute Gasteiger partial charge is 0.317 e. The van der Waals surface area contributed by atoms with Gasteiger partial charge in [-0.15, -0.1) is 0 Å². The fraction of sp³-hybridized carbons (Fsp3) is 0.429. The third-order valence-electron chi connectivity index (χ3n) is 2.88. The van der Waals surface area contributed by atoms with Crippen LogP contribution in [0.2, 0.25) is 0 Å². The number of carbonyl (C=O) groups excluding carboxylic acids is 1. The van der Waals surface area contributed by atoms with Crippen molar-refractivity contribution in [2.45, 2.75) is 27.2 Å². The first-order valence-electron chi connectivity index (χ1n) is 5.91. The summed E-state index contributed by atoms with van der Waals surface area (Å²) >= 11 is 4.72. The van der Waals surface area contributed by atoms with E-state index in [-0.39, 0.29) is 11.7 Å². The maximum atomic E-state index is 11.7. The fourth-order valence-corrected chi connectivity index (χ4v) is 1.86. The van der Waals surface area contributed by atoms with Crippen molar-refractivity contribution >= 4 is 23.2 Å². The molecule has 1 rings (SSSR count). The van der Waals surface area contributed by atoms with Crippen molar-refractivity contribution in [1.29, 1.82) is 0 Å². The predicted octanol–water partition coefficient (Wildman–Crippen LogP) is 2.91. The van der Waals surface area contributed by atoms with Gasteiger partial charge in [0.15, 0.2) is 5.05 Å². The van der Waals surface area contributed by atoms with Crippen LogP contribution in [0.5, 0.6) is 0 Å². The first kappa shape index (κ1) is 14.6. The second-order valence-corrected chi connectivity index (χ2v) is 4.68. The zero-order valence-electron chi connectivity index (χ0n) is 10.9. The predicted molar refractivity (Wildman–Crippen MR) is 75.0 cm³/mol. The maximum Gasteiger partial charge on any atom is 0.317 e. The van der Waals surface area contributed by atoms with Crippen LogP contribution in [0.4, 0.5) is 0 Å². The summed E-state index contributed by atoms with van der Waals surface area (Å²) in [6.07, 6.45) is 0.370. The average molecular weight is 266 g/mol. The summed E-state index contributed by atoms with van der Waals surface area (Å²) < 4.78 is 4.91. The van der Waals surface area contributed by atoms with E-state index in [0.717, 1.165) is 11.1 Å². The third-order valence-corrected chi connectivity index (χ3v) is 3.16. The average Bonchev–Trinajstić information content (AvgIpc) is 2.30. The van der Waals surface area contributed by atoms with E-state index in [9.17, 15) is 9.90 Å². The fourth-order valence-electron chi connectivity index (χ4n) is 1.68. The summed E-state index contributed by atoms with van der Waals surface area (Å²) in [5.41, 5.74) is 3.31. The minimum absolute atomic E-state index is 0.283. The van der Waals surface area contributed by atoms with Crippen molar-refractivity contribution in [1.82, 2.24) is 0 Å². The van der Waals surface area contributed by atoms with E-state index in [1.807, 2.05) is 32.0 Å². The summed E-state index contributed by atoms with van der Waals surface area (Å²) in [5.74, 6) is -1.23. The van der Waals surface area contributed by atoms with Crippen LogP contribution >= 0.6 is 12.2 Å². The van der Waals surface area contributed by atoms with Gasteiger partial charge in [0.1, 0.15) is 5.92 Å². The maximum absolute atomic E-state index is 11.7. The molecule has 1 unspecified atom stereocenters. The molecule has 0 radical (unpaired) electrons. The molecule has 0 fully saturated rings. The molecule has 1 aromatic carbocycles. The van der Waals surface area contributed by atoms with Gasteiger partial charge < -0.3 is 9.84 Å². The number of benzene rings is 1. The number of esters is 1. The Balaban J connectivity index is 2.86. The number of aliphatic hydroxyl groups excluding tert-OH is 1. The van der Waals surface area contributed by atoms with Crippen LogP contribution < -0.4 is 0 Å². The van der Waals surface area contributed by atoms with Crippen LogP contribution in [-0.4, -0.2) is 22.7 Å². The Morgan fingerprint density at radius 1 is 1.39 bits per heavy atom. The van der Waals surface area contributed by atoms with E-state index in [1.165, 1.54) is 5.56 Å². The molecule has 1 aromatic rings. The Bertz CT molecular complexity index is 454. The molecule has 98 valence electrons. The number of aliphatic hydroxyl groups is 1. The van der Waals surface area contributed by atoms with Gasteiger partial charge in [0.25, 0.3) is 0 Å². The normalized spacial score (nSPS) is 11.9. The Hall–Kier alpha value is -1.42. The summed E-state index contributed by atoms with van der Waals surface area (Å²) in [6, 6.07) is 5.93. The summed E-state index contributed by atoms with van der Waals surface area (Å²) in [4.78, 5) is 11.7. The lowest BCUT2D eigenvalue weighted by molar-refractivity contribution is -0.145. The number of hydrogen-bond donors (Lipinski definition) is 1. The van der Waals surface area contributed by atoms with Gasteiger partial charge in [0, 0.05) is 0 Å². The molecule has 0 amide bonds. The summed E-state index contributed by atoms with van der Waals surface area (Å²) in [6.45, 7) is 6.05. The van der Waals surface area contributed by atoms with Crippen molar-refractivity contribution < 1.29 is 14.6 Å². The first-order valence-corrected chi connectivity index (χ1v) is 6.32. The Labute approximate surface area is 113 Å². The SMILES string of the molecule is CCOC(=O)C(Cc1ccc(C)c(C)c1)C(O)=S. The monoisotopic (exact) mass is 266 g/mol. The van der Waals surface area contributed by atoms with Crippen LogP contribution in [0.15, 0.2) is 18.2 Å².